The van der Waals surface area contributed by atoms with Crippen molar-refractivity contribution in [2.75, 3.05) is 28.4 Å². The smallest absolute Gasteiger partial charge is 0.412 e. The Hall–Kier alpha value is -1.02. The van der Waals surface area contributed by atoms with Crippen LogP contribution < -0.4 is 0 Å². The van der Waals surface area contributed by atoms with Crippen molar-refractivity contribution in [2.24, 2.45) is 52.3 Å². The maximum atomic E-state index is 12.6. The zero-order chi connectivity index (χ0) is 27.9. The molecule has 0 amide bonds. The highest BCUT2D eigenvalue weighted by molar-refractivity contribution is 6.33. The molecule has 0 aromatic rings. The van der Waals surface area contributed by atoms with Crippen molar-refractivity contribution in [2.45, 2.75) is 104 Å². The van der Waals surface area contributed by atoms with Gasteiger partial charge in [-0.05, 0) is 85.4 Å². The Morgan fingerprint density at radius 3 is 2.21 bits per heavy atom. The van der Waals surface area contributed by atoms with Gasteiger partial charge in [0.15, 0.2) is 0 Å². The maximum Gasteiger partial charge on any atom is 0.412 e. The van der Waals surface area contributed by atoms with Gasteiger partial charge in [-0.1, -0.05) is 47.0 Å². The fraction of sp³-hybridized carbons (Fsp3) is 0.935. The lowest BCUT2D eigenvalue weighted by Gasteiger charge is -2.64. The summed E-state index contributed by atoms with van der Waals surface area (Å²) in [4.78, 5) is 24.6. The molecular formula is C31H52O7. The molecule has 10 atom stereocenters. The van der Waals surface area contributed by atoms with Crippen LogP contribution in [0.5, 0.6) is 0 Å². The first kappa shape index (κ1) is 30.0. The fourth-order valence-corrected chi connectivity index (χ4v) is 10.3. The van der Waals surface area contributed by atoms with E-state index in [0.29, 0.717) is 23.2 Å². The number of carbonyl (C=O) groups is 2. The monoisotopic (exact) mass is 536 g/mol. The molecule has 4 aliphatic carbocycles. The average Bonchev–Trinajstić information content (AvgIpc) is 3.29. The summed E-state index contributed by atoms with van der Waals surface area (Å²) in [5, 5.41) is 0. The second-order valence-corrected chi connectivity index (χ2v) is 13.2. The predicted molar refractivity (Wildman–Crippen MR) is 144 cm³/mol. The number of hydrogen-bond acceptors (Lipinski definition) is 7. The molecule has 4 rings (SSSR count). The lowest BCUT2D eigenvalue weighted by Crippen LogP contribution is -2.62. The second kappa shape index (κ2) is 11.5. The van der Waals surface area contributed by atoms with Crippen molar-refractivity contribution in [1.82, 2.24) is 0 Å². The Morgan fingerprint density at radius 2 is 1.61 bits per heavy atom. The summed E-state index contributed by atoms with van der Waals surface area (Å²) in [6, 6.07) is 0. The van der Waals surface area contributed by atoms with E-state index < -0.39 is 17.9 Å². The molecule has 0 aromatic heterocycles. The van der Waals surface area contributed by atoms with Gasteiger partial charge in [0.2, 0.25) is 5.78 Å². The van der Waals surface area contributed by atoms with Crippen LogP contribution in [0, 0.1) is 52.3 Å². The van der Waals surface area contributed by atoms with Gasteiger partial charge in [-0.2, -0.15) is 0 Å². The number of fused-ring (bicyclic) bond motifs is 5. The Bertz CT molecular complexity index is 847. The number of rotatable bonds is 10. The summed E-state index contributed by atoms with van der Waals surface area (Å²) in [6.45, 7) is 9.45. The molecule has 0 spiro atoms. The lowest BCUT2D eigenvalue weighted by molar-refractivity contribution is -0.499. The van der Waals surface area contributed by atoms with Gasteiger partial charge >= 0.3 is 12.1 Å². The largest absolute Gasteiger partial charge is 0.463 e. The van der Waals surface area contributed by atoms with Crippen molar-refractivity contribution in [3.63, 3.8) is 0 Å². The summed E-state index contributed by atoms with van der Waals surface area (Å²) < 4.78 is 28.5. The van der Waals surface area contributed by atoms with Crippen LogP contribution in [-0.2, 0) is 33.3 Å². The first-order chi connectivity index (χ1) is 18.0. The molecule has 0 aromatic carbocycles. The third-order valence-corrected chi connectivity index (χ3v) is 12.1. The number of methoxy groups -OCH3 is 4. The van der Waals surface area contributed by atoms with E-state index in [1.165, 1.54) is 45.6 Å². The van der Waals surface area contributed by atoms with Gasteiger partial charge in [0.05, 0.1) is 13.2 Å². The highest BCUT2D eigenvalue weighted by atomic mass is 17.0. The standard InChI is InChI=1S/C31H52O7/c1-9-20-17-21-24-14-13-22(19(2)16-26(32)28(33)34-5)30(24,4)27(38-31(35-6,36-7)37-8)18-25(21)29(3)15-11-10-12-23(20)29/h19-25,27H,9-18H2,1-8H3/t19-,20+,21+,22-,23+,24+,25+,27+,29+,30-/m1/s1. The topological polar surface area (TPSA) is 80.3 Å². The molecule has 4 fully saturated rings. The van der Waals surface area contributed by atoms with E-state index in [4.69, 9.17) is 23.7 Å². The quantitative estimate of drug-likeness (QED) is 0.193. The highest BCUT2D eigenvalue weighted by Gasteiger charge is 2.66. The van der Waals surface area contributed by atoms with Crippen LogP contribution in [0.3, 0.4) is 0 Å². The molecule has 218 valence electrons. The zero-order valence-electron chi connectivity index (χ0n) is 25.0. The molecule has 0 radical (unpaired) electrons. The number of ether oxygens (including phenoxy) is 5. The van der Waals surface area contributed by atoms with E-state index >= 15 is 0 Å². The van der Waals surface area contributed by atoms with E-state index in [2.05, 4.69) is 27.7 Å². The van der Waals surface area contributed by atoms with Crippen LogP contribution in [0.25, 0.3) is 0 Å². The molecule has 0 unspecified atom stereocenters. The van der Waals surface area contributed by atoms with Gasteiger partial charge in [0, 0.05) is 33.2 Å². The van der Waals surface area contributed by atoms with E-state index in [9.17, 15) is 9.59 Å². The average molecular weight is 537 g/mol. The van der Waals surface area contributed by atoms with Crippen LogP contribution in [-0.4, -0.2) is 52.5 Å². The minimum Gasteiger partial charge on any atom is -0.463 e. The SMILES string of the molecule is CC[C@H]1C[C@@H]2[C@H](C[C@H](OC(OC)(OC)OC)[C@]3(C)[C@@H]([C@H](C)CC(=O)C(=O)OC)CC[C@@H]23)[C@@]2(C)CCCC[C@@H]12. The summed E-state index contributed by atoms with van der Waals surface area (Å²) in [5.41, 5.74) is 0.110. The van der Waals surface area contributed by atoms with Crippen molar-refractivity contribution in [1.29, 1.82) is 0 Å². The number of carbonyl (C=O) groups excluding carboxylic acids is 2. The summed E-state index contributed by atoms with van der Waals surface area (Å²) in [5.74, 6) is 2.31. The molecule has 0 saturated heterocycles. The highest BCUT2D eigenvalue weighted by Crippen LogP contribution is 2.70. The minimum atomic E-state index is -1.57. The molecule has 7 heteroatoms. The second-order valence-electron chi connectivity index (χ2n) is 13.2. The molecule has 7 nitrogen and oxygen atoms in total. The normalized spacial score (nSPS) is 41.5. The summed E-state index contributed by atoms with van der Waals surface area (Å²) in [6.07, 6.45) is 9.40. The summed E-state index contributed by atoms with van der Waals surface area (Å²) in [7, 11) is 5.92. The van der Waals surface area contributed by atoms with E-state index in [0.717, 1.165) is 31.1 Å². The van der Waals surface area contributed by atoms with Gasteiger partial charge in [0.1, 0.15) is 0 Å². The van der Waals surface area contributed by atoms with Gasteiger partial charge in [0.25, 0.3) is 0 Å². The van der Waals surface area contributed by atoms with Crippen LogP contribution in [0.15, 0.2) is 0 Å². The molecule has 0 N–H and O–H groups in total. The maximum absolute atomic E-state index is 12.6. The molecular weight excluding hydrogens is 484 g/mol. The zero-order valence-corrected chi connectivity index (χ0v) is 25.0. The fourth-order valence-electron chi connectivity index (χ4n) is 10.3. The minimum absolute atomic E-state index is 0.0323. The van der Waals surface area contributed by atoms with Crippen molar-refractivity contribution >= 4 is 11.8 Å². The predicted octanol–water partition coefficient (Wildman–Crippen LogP) is 5.99. The van der Waals surface area contributed by atoms with E-state index in [1.54, 1.807) is 21.3 Å². The van der Waals surface area contributed by atoms with Gasteiger partial charge in [-0.3, -0.25) is 9.53 Å². The molecule has 0 aliphatic heterocycles. The number of Topliss-reactive ketones (excluding diaryl/α,β-unsaturated/α-hetero) is 1. The van der Waals surface area contributed by atoms with E-state index in [-0.39, 0.29) is 29.8 Å². The first-order valence-corrected chi connectivity index (χ1v) is 15.0. The Morgan fingerprint density at radius 1 is 0.921 bits per heavy atom. The Balaban J connectivity index is 1.74. The van der Waals surface area contributed by atoms with Crippen LogP contribution in [0.2, 0.25) is 0 Å². The van der Waals surface area contributed by atoms with Crippen LogP contribution >= 0.6 is 0 Å². The Kier molecular flexibility index (Phi) is 9.03. The third-order valence-electron chi connectivity index (χ3n) is 12.1. The third kappa shape index (κ3) is 4.77. The van der Waals surface area contributed by atoms with Crippen molar-refractivity contribution < 1.29 is 33.3 Å². The van der Waals surface area contributed by atoms with Crippen molar-refractivity contribution in [3.05, 3.63) is 0 Å². The lowest BCUT2D eigenvalue weighted by atomic mass is 9.41. The molecule has 4 aliphatic rings. The Labute approximate surface area is 230 Å². The first-order valence-electron chi connectivity index (χ1n) is 15.0. The number of hydrogen-bond donors (Lipinski definition) is 0. The molecule has 38 heavy (non-hydrogen) atoms. The van der Waals surface area contributed by atoms with Gasteiger partial charge in [-0.25, -0.2) is 4.79 Å². The van der Waals surface area contributed by atoms with E-state index in [1.807, 2.05) is 0 Å². The number of ketones is 1. The van der Waals surface area contributed by atoms with Crippen LogP contribution in [0.1, 0.15) is 91.9 Å². The van der Waals surface area contributed by atoms with Gasteiger partial charge in [-0.15, -0.1) is 0 Å². The molecule has 0 bridgehead atoms. The molecule has 4 saturated carbocycles. The summed E-state index contributed by atoms with van der Waals surface area (Å²) >= 11 is 0. The molecule has 0 heterocycles. The van der Waals surface area contributed by atoms with Crippen LogP contribution in [0.4, 0.5) is 0 Å². The van der Waals surface area contributed by atoms with Crippen molar-refractivity contribution in [3.8, 4) is 0 Å². The van der Waals surface area contributed by atoms with Gasteiger partial charge < -0.3 is 18.9 Å². The number of esters is 1.